The molecule has 0 aliphatic rings. The first-order chi connectivity index (χ1) is 7.88. The lowest BCUT2D eigenvalue weighted by Gasteiger charge is -2.21. The molecule has 0 aromatic heterocycles. The first-order valence-corrected chi connectivity index (χ1v) is 6.80. The maximum Gasteiger partial charge on any atom is 0.0599 e. The molecule has 0 spiro atoms. The number of benzene rings is 1. The van der Waals surface area contributed by atoms with Crippen molar-refractivity contribution >= 4 is 15.9 Å². The summed E-state index contributed by atoms with van der Waals surface area (Å²) in [6.45, 7) is 9.99. The highest BCUT2D eigenvalue weighted by atomic mass is 79.9. The van der Waals surface area contributed by atoms with Crippen LogP contribution in [-0.2, 0) is 4.74 Å². The quantitative estimate of drug-likeness (QED) is 0.832. The summed E-state index contributed by atoms with van der Waals surface area (Å²) in [5.41, 5.74) is 1.23. The summed E-state index contributed by atoms with van der Waals surface area (Å²) < 4.78 is 6.79. The van der Waals surface area contributed by atoms with Crippen molar-refractivity contribution in [3.05, 3.63) is 34.3 Å². The van der Waals surface area contributed by atoms with E-state index in [0.29, 0.717) is 6.04 Å². The van der Waals surface area contributed by atoms with E-state index in [1.807, 2.05) is 6.07 Å². The van der Waals surface area contributed by atoms with Gasteiger partial charge in [0.05, 0.1) is 12.2 Å². The van der Waals surface area contributed by atoms with Crippen LogP contribution in [0.5, 0.6) is 0 Å². The molecule has 1 rings (SSSR count). The lowest BCUT2D eigenvalue weighted by molar-refractivity contribution is -0.00149. The normalized spacial score (nSPS) is 13.7. The second-order valence-corrected chi connectivity index (χ2v) is 6.11. The zero-order valence-electron chi connectivity index (χ0n) is 11.1. The minimum Gasteiger partial charge on any atom is -0.375 e. The molecule has 0 fully saturated rings. The molecule has 0 saturated heterocycles. The van der Waals surface area contributed by atoms with Gasteiger partial charge in [0, 0.05) is 17.1 Å². The molecule has 0 aliphatic carbocycles. The lowest BCUT2D eigenvalue weighted by Crippen LogP contribution is -2.28. The Morgan fingerprint density at radius 3 is 2.65 bits per heavy atom. The van der Waals surface area contributed by atoms with Gasteiger partial charge in [0.25, 0.3) is 0 Å². The zero-order chi connectivity index (χ0) is 12.9. The summed E-state index contributed by atoms with van der Waals surface area (Å²) in [7, 11) is 0. The molecular weight excluding hydrogens is 278 g/mol. The van der Waals surface area contributed by atoms with E-state index in [-0.39, 0.29) is 5.60 Å². The van der Waals surface area contributed by atoms with E-state index in [4.69, 9.17) is 4.74 Å². The number of halogens is 1. The molecule has 0 saturated carbocycles. The van der Waals surface area contributed by atoms with E-state index < -0.39 is 0 Å². The lowest BCUT2D eigenvalue weighted by atomic mass is 10.1. The smallest absolute Gasteiger partial charge is 0.0599 e. The Morgan fingerprint density at radius 1 is 1.35 bits per heavy atom. The second-order valence-electron chi connectivity index (χ2n) is 5.19. The standard InChI is InChI=1S/C14H22BrNO/c1-11(12-6-5-7-13(15)10-12)16-8-9-17-14(2,3)4/h5-7,10-11,16H,8-9H2,1-4H3/t11-/m0/s1. The molecule has 96 valence electrons. The van der Waals surface area contributed by atoms with Gasteiger partial charge in [-0.05, 0) is 45.4 Å². The minimum atomic E-state index is -0.0549. The number of rotatable bonds is 5. The van der Waals surface area contributed by atoms with E-state index in [1.54, 1.807) is 0 Å². The zero-order valence-corrected chi connectivity index (χ0v) is 12.7. The summed E-state index contributed by atoms with van der Waals surface area (Å²) in [5, 5.41) is 3.45. The minimum absolute atomic E-state index is 0.0549. The van der Waals surface area contributed by atoms with Gasteiger partial charge < -0.3 is 10.1 Å². The SMILES string of the molecule is C[C@H](NCCOC(C)(C)C)c1cccc(Br)c1. The van der Waals surface area contributed by atoms with E-state index in [1.165, 1.54) is 5.56 Å². The Kier molecular flexibility index (Phi) is 5.63. The van der Waals surface area contributed by atoms with Crippen molar-refractivity contribution in [2.45, 2.75) is 39.3 Å². The van der Waals surface area contributed by atoms with Crippen LogP contribution in [-0.4, -0.2) is 18.8 Å². The van der Waals surface area contributed by atoms with Crippen molar-refractivity contribution in [1.82, 2.24) is 5.32 Å². The van der Waals surface area contributed by atoms with Crippen molar-refractivity contribution in [3.8, 4) is 0 Å². The fourth-order valence-electron chi connectivity index (χ4n) is 1.53. The third-order valence-corrected chi connectivity index (χ3v) is 2.93. The molecule has 0 bridgehead atoms. The van der Waals surface area contributed by atoms with Crippen LogP contribution in [0.15, 0.2) is 28.7 Å². The van der Waals surface area contributed by atoms with Crippen LogP contribution >= 0.6 is 15.9 Å². The third kappa shape index (κ3) is 6.20. The average molecular weight is 300 g/mol. The van der Waals surface area contributed by atoms with Gasteiger partial charge in [-0.1, -0.05) is 28.1 Å². The van der Waals surface area contributed by atoms with Crippen LogP contribution in [0.2, 0.25) is 0 Å². The summed E-state index contributed by atoms with van der Waals surface area (Å²) in [6, 6.07) is 8.72. The number of hydrogen-bond donors (Lipinski definition) is 1. The van der Waals surface area contributed by atoms with Gasteiger partial charge in [-0.2, -0.15) is 0 Å². The largest absolute Gasteiger partial charge is 0.375 e. The van der Waals surface area contributed by atoms with Crippen LogP contribution in [0.4, 0.5) is 0 Å². The Hall–Kier alpha value is -0.380. The van der Waals surface area contributed by atoms with E-state index in [9.17, 15) is 0 Å². The molecule has 3 heteroatoms. The molecule has 17 heavy (non-hydrogen) atoms. The number of hydrogen-bond acceptors (Lipinski definition) is 2. The van der Waals surface area contributed by atoms with Crippen LogP contribution < -0.4 is 5.32 Å². The number of nitrogens with one attached hydrogen (secondary N) is 1. The van der Waals surface area contributed by atoms with Crippen molar-refractivity contribution in [3.63, 3.8) is 0 Å². The number of ether oxygens (including phenoxy) is 1. The second kappa shape index (κ2) is 6.53. The molecule has 1 N–H and O–H groups in total. The molecule has 0 unspecified atom stereocenters. The molecule has 1 atom stereocenters. The molecular formula is C14H22BrNO. The Morgan fingerprint density at radius 2 is 2.06 bits per heavy atom. The Bertz CT molecular complexity index is 346. The summed E-state index contributed by atoms with van der Waals surface area (Å²) in [5.74, 6) is 0. The third-order valence-electron chi connectivity index (χ3n) is 2.44. The topological polar surface area (TPSA) is 21.3 Å². The van der Waals surface area contributed by atoms with Crippen LogP contribution in [0, 0.1) is 0 Å². The molecule has 0 heterocycles. The summed E-state index contributed by atoms with van der Waals surface area (Å²) in [6.07, 6.45) is 0. The monoisotopic (exact) mass is 299 g/mol. The van der Waals surface area contributed by atoms with Crippen molar-refractivity contribution in [2.24, 2.45) is 0 Å². The van der Waals surface area contributed by atoms with Crippen molar-refractivity contribution < 1.29 is 4.74 Å². The summed E-state index contributed by atoms with van der Waals surface area (Å²) >= 11 is 3.49. The van der Waals surface area contributed by atoms with E-state index >= 15 is 0 Å². The predicted molar refractivity (Wildman–Crippen MR) is 76.3 cm³/mol. The first kappa shape index (κ1) is 14.7. The van der Waals surface area contributed by atoms with Gasteiger partial charge in [0.15, 0.2) is 0 Å². The maximum atomic E-state index is 5.67. The van der Waals surface area contributed by atoms with Gasteiger partial charge in [-0.25, -0.2) is 0 Å². The van der Waals surface area contributed by atoms with Crippen molar-refractivity contribution in [1.29, 1.82) is 0 Å². The van der Waals surface area contributed by atoms with Crippen LogP contribution in [0.1, 0.15) is 39.3 Å². The molecule has 0 aliphatic heterocycles. The average Bonchev–Trinajstić information content (AvgIpc) is 2.23. The van der Waals surface area contributed by atoms with Gasteiger partial charge in [0.1, 0.15) is 0 Å². The Balaban J connectivity index is 2.33. The maximum absolute atomic E-state index is 5.67. The molecule has 1 aromatic rings. The van der Waals surface area contributed by atoms with E-state index in [2.05, 4.69) is 67.1 Å². The predicted octanol–water partition coefficient (Wildman–Crippen LogP) is 3.91. The molecule has 2 nitrogen and oxygen atoms in total. The highest BCUT2D eigenvalue weighted by Crippen LogP contribution is 2.17. The Labute approximate surface area is 113 Å². The van der Waals surface area contributed by atoms with Gasteiger partial charge in [-0.15, -0.1) is 0 Å². The van der Waals surface area contributed by atoms with Gasteiger partial charge in [-0.3, -0.25) is 0 Å². The van der Waals surface area contributed by atoms with Crippen LogP contribution in [0.3, 0.4) is 0 Å². The molecule has 0 radical (unpaired) electrons. The van der Waals surface area contributed by atoms with E-state index in [0.717, 1.165) is 17.6 Å². The highest BCUT2D eigenvalue weighted by molar-refractivity contribution is 9.10. The fourth-order valence-corrected chi connectivity index (χ4v) is 1.94. The van der Waals surface area contributed by atoms with Crippen LogP contribution in [0.25, 0.3) is 0 Å². The first-order valence-electron chi connectivity index (χ1n) is 6.01. The summed E-state index contributed by atoms with van der Waals surface area (Å²) in [4.78, 5) is 0. The molecule has 0 amide bonds. The van der Waals surface area contributed by atoms with Crippen molar-refractivity contribution in [2.75, 3.05) is 13.2 Å². The van der Waals surface area contributed by atoms with Gasteiger partial charge >= 0.3 is 0 Å². The molecule has 1 aromatic carbocycles. The van der Waals surface area contributed by atoms with Gasteiger partial charge in [0.2, 0.25) is 0 Å². The fraction of sp³-hybridized carbons (Fsp3) is 0.571. The highest BCUT2D eigenvalue weighted by Gasteiger charge is 2.10.